The summed E-state index contributed by atoms with van der Waals surface area (Å²) in [5, 5.41) is 13.4. The molecule has 0 saturated carbocycles. The van der Waals surface area contributed by atoms with E-state index in [9.17, 15) is 14.7 Å². The van der Waals surface area contributed by atoms with Gasteiger partial charge in [0.2, 0.25) is 12.1 Å². The van der Waals surface area contributed by atoms with Crippen LogP contribution in [0.4, 0.5) is 5.69 Å². The van der Waals surface area contributed by atoms with Crippen molar-refractivity contribution in [3.05, 3.63) is 102 Å². The van der Waals surface area contributed by atoms with Gasteiger partial charge >= 0.3 is 0 Å². The summed E-state index contributed by atoms with van der Waals surface area (Å²) in [5.41, 5.74) is 4.24. The molecule has 35 heavy (non-hydrogen) atoms. The van der Waals surface area contributed by atoms with Gasteiger partial charge in [-0.1, -0.05) is 85.8 Å². The Bertz CT molecular complexity index is 1190. The summed E-state index contributed by atoms with van der Waals surface area (Å²) >= 11 is 0. The van der Waals surface area contributed by atoms with Crippen LogP contribution in [0.1, 0.15) is 36.5 Å². The highest BCUT2D eigenvalue weighted by Gasteiger charge is 2.33. The number of fused-ring (bicyclic) bond motifs is 1. The molecule has 3 unspecified atom stereocenters. The van der Waals surface area contributed by atoms with Crippen LogP contribution in [0, 0.1) is 5.92 Å². The zero-order valence-corrected chi connectivity index (χ0v) is 20.1. The number of benzene rings is 3. The number of rotatable bonds is 8. The van der Waals surface area contributed by atoms with Crippen LogP contribution >= 0.6 is 0 Å². The molecule has 6 nitrogen and oxygen atoms in total. The number of amides is 2. The largest absolute Gasteiger partial charge is 0.392 e. The maximum atomic E-state index is 13.3. The Morgan fingerprint density at radius 1 is 1.00 bits per heavy atom. The minimum atomic E-state index is -1.09. The van der Waals surface area contributed by atoms with E-state index in [0.717, 1.165) is 29.7 Å². The van der Waals surface area contributed by atoms with Crippen molar-refractivity contribution >= 4 is 23.2 Å². The van der Waals surface area contributed by atoms with E-state index in [4.69, 9.17) is 4.99 Å². The number of aliphatic hydroxyl groups is 1. The number of aliphatic imine (C=N–C) groups is 1. The van der Waals surface area contributed by atoms with E-state index < -0.39 is 24.1 Å². The quantitative estimate of drug-likeness (QED) is 0.524. The van der Waals surface area contributed by atoms with Gasteiger partial charge < -0.3 is 15.3 Å². The SMILES string of the molecule is CC(C(=O)NC1N=C(c2ccccc2)c2ccccc2N(C)C1=O)C(O)CCCc1ccccc1. The molecule has 180 valence electrons. The normalized spacial score (nSPS) is 17.1. The van der Waals surface area contributed by atoms with Crippen molar-refractivity contribution in [1.82, 2.24) is 5.32 Å². The molecule has 3 aromatic rings. The Morgan fingerprint density at radius 3 is 2.34 bits per heavy atom. The molecule has 1 aliphatic rings. The van der Waals surface area contributed by atoms with E-state index in [1.165, 1.54) is 10.5 Å². The molecule has 6 heteroatoms. The lowest BCUT2D eigenvalue weighted by Gasteiger charge is -2.23. The van der Waals surface area contributed by atoms with Gasteiger partial charge in [-0.15, -0.1) is 0 Å². The van der Waals surface area contributed by atoms with Gasteiger partial charge in [0.1, 0.15) is 0 Å². The highest BCUT2D eigenvalue weighted by Crippen LogP contribution is 2.27. The molecule has 1 heterocycles. The topological polar surface area (TPSA) is 82.0 Å². The van der Waals surface area contributed by atoms with Crippen LogP contribution in [-0.2, 0) is 16.0 Å². The Morgan fingerprint density at radius 2 is 1.63 bits per heavy atom. The third-order valence-electron chi connectivity index (χ3n) is 6.47. The Balaban J connectivity index is 1.50. The lowest BCUT2D eigenvalue weighted by molar-refractivity contribution is -0.132. The van der Waals surface area contributed by atoms with Crippen LogP contribution < -0.4 is 10.2 Å². The summed E-state index contributed by atoms with van der Waals surface area (Å²) in [6.45, 7) is 1.68. The molecule has 3 atom stereocenters. The molecular weight excluding hydrogens is 438 g/mol. The van der Waals surface area contributed by atoms with Crippen molar-refractivity contribution in [2.24, 2.45) is 10.9 Å². The number of aliphatic hydroxyl groups excluding tert-OH is 1. The first-order chi connectivity index (χ1) is 17.0. The molecule has 0 bridgehead atoms. The first-order valence-corrected chi connectivity index (χ1v) is 12.0. The average molecular weight is 470 g/mol. The molecule has 2 N–H and O–H groups in total. The minimum Gasteiger partial charge on any atom is -0.392 e. The second-order valence-corrected chi connectivity index (χ2v) is 8.90. The molecule has 4 rings (SSSR count). The summed E-state index contributed by atoms with van der Waals surface area (Å²) in [4.78, 5) is 32.6. The number of para-hydroxylation sites is 1. The molecular formula is C29H31N3O3. The van der Waals surface area contributed by atoms with Crippen LogP contribution in [0.15, 0.2) is 89.9 Å². The first-order valence-electron chi connectivity index (χ1n) is 12.0. The zero-order chi connectivity index (χ0) is 24.8. The second-order valence-electron chi connectivity index (χ2n) is 8.90. The summed E-state index contributed by atoms with van der Waals surface area (Å²) in [7, 11) is 1.69. The molecule has 3 aromatic carbocycles. The zero-order valence-electron chi connectivity index (χ0n) is 20.1. The number of carbonyl (C=O) groups is 2. The standard InChI is InChI=1S/C29H31N3O3/c1-20(25(33)19-11-14-21-12-5-3-6-13-21)28(34)31-27-29(35)32(2)24-18-10-9-17-23(24)26(30-27)22-15-7-4-8-16-22/h3-10,12-13,15-18,20,25,27,33H,11,14,19H2,1-2H3,(H,31,34). The highest BCUT2D eigenvalue weighted by molar-refractivity contribution is 6.20. The number of nitrogens with one attached hydrogen (secondary N) is 1. The molecule has 1 aliphatic heterocycles. The van der Waals surface area contributed by atoms with E-state index in [1.54, 1.807) is 14.0 Å². The highest BCUT2D eigenvalue weighted by atomic mass is 16.3. The van der Waals surface area contributed by atoms with E-state index >= 15 is 0 Å². The van der Waals surface area contributed by atoms with E-state index in [-0.39, 0.29) is 5.91 Å². The van der Waals surface area contributed by atoms with Crippen LogP contribution in [0.3, 0.4) is 0 Å². The average Bonchev–Trinajstić information content (AvgIpc) is 3.00. The predicted molar refractivity (Wildman–Crippen MR) is 138 cm³/mol. The van der Waals surface area contributed by atoms with E-state index in [0.29, 0.717) is 12.1 Å². The van der Waals surface area contributed by atoms with E-state index in [1.807, 2.05) is 72.8 Å². The van der Waals surface area contributed by atoms with Gasteiger partial charge in [0.15, 0.2) is 0 Å². The van der Waals surface area contributed by atoms with Gasteiger partial charge in [-0.3, -0.25) is 9.59 Å². The number of benzodiazepines with no additional fused rings is 1. The maximum Gasteiger partial charge on any atom is 0.272 e. The van der Waals surface area contributed by atoms with Crippen LogP contribution in [0.25, 0.3) is 0 Å². The fourth-order valence-corrected chi connectivity index (χ4v) is 4.29. The van der Waals surface area contributed by atoms with Crippen LogP contribution in [-0.4, -0.2) is 41.9 Å². The Labute approximate surface area is 206 Å². The van der Waals surface area contributed by atoms with Crippen molar-refractivity contribution in [2.45, 2.75) is 38.5 Å². The lowest BCUT2D eigenvalue weighted by atomic mass is 9.97. The Hall–Kier alpha value is -3.77. The molecule has 2 amide bonds. The maximum absolute atomic E-state index is 13.3. The number of anilines is 1. The first kappa shape index (κ1) is 24.4. The molecule has 0 fully saturated rings. The number of hydrogen-bond acceptors (Lipinski definition) is 4. The lowest BCUT2D eigenvalue weighted by Crippen LogP contribution is -2.49. The fourth-order valence-electron chi connectivity index (χ4n) is 4.29. The third kappa shape index (κ3) is 5.66. The number of hydrogen-bond donors (Lipinski definition) is 2. The van der Waals surface area contributed by atoms with Gasteiger partial charge in [0.05, 0.1) is 23.4 Å². The monoisotopic (exact) mass is 469 g/mol. The number of likely N-dealkylation sites (N-methyl/N-ethyl adjacent to an activating group) is 1. The van der Waals surface area contributed by atoms with Gasteiger partial charge in [-0.2, -0.15) is 0 Å². The van der Waals surface area contributed by atoms with E-state index in [2.05, 4.69) is 17.4 Å². The summed E-state index contributed by atoms with van der Waals surface area (Å²) < 4.78 is 0. The minimum absolute atomic E-state index is 0.331. The molecule has 0 aliphatic carbocycles. The fraction of sp³-hybridized carbons (Fsp3) is 0.276. The van der Waals surface area contributed by atoms with Gasteiger partial charge in [-0.25, -0.2) is 4.99 Å². The number of carbonyl (C=O) groups excluding carboxylic acids is 2. The van der Waals surface area contributed by atoms with Crippen LogP contribution in [0.2, 0.25) is 0 Å². The van der Waals surface area contributed by atoms with Gasteiger partial charge in [-0.05, 0) is 30.9 Å². The predicted octanol–water partition coefficient (Wildman–Crippen LogP) is 3.96. The van der Waals surface area contributed by atoms with Crippen molar-refractivity contribution in [2.75, 3.05) is 11.9 Å². The molecule has 0 radical (unpaired) electrons. The summed E-state index contributed by atoms with van der Waals surface area (Å²) in [6.07, 6.45) is 0.188. The van der Waals surface area contributed by atoms with Crippen molar-refractivity contribution in [1.29, 1.82) is 0 Å². The van der Waals surface area contributed by atoms with Crippen LogP contribution in [0.5, 0.6) is 0 Å². The smallest absolute Gasteiger partial charge is 0.272 e. The van der Waals surface area contributed by atoms with Crippen molar-refractivity contribution in [3.63, 3.8) is 0 Å². The van der Waals surface area contributed by atoms with Gasteiger partial charge in [0, 0.05) is 18.2 Å². The summed E-state index contributed by atoms with van der Waals surface area (Å²) in [6, 6.07) is 27.3. The Kier molecular flexibility index (Phi) is 7.73. The molecule has 0 aromatic heterocycles. The molecule has 0 spiro atoms. The van der Waals surface area contributed by atoms with Crippen molar-refractivity contribution < 1.29 is 14.7 Å². The molecule has 0 saturated heterocycles. The third-order valence-corrected chi connectivity index (χ3v) is 6.47. The number of nitrogens with zero attached hydrogens (tertiary/aromatic N) is 2. The van der Waals surface area contributed by atoms with Crippen molar-refractivity contribution in [3.8, 4) is 0 Å². The summed E-state index contributed by atoms with van der Waals surface area (Å²) in [5.74, 6) is -1.40. The number of aryl methyl sites for hydroxylation is 1. The second kappa shape index (κ2) is 11.1. The van der Waals surface area contributed by atoms with Gasteiger partial charge in [0.25, 0.3) is 5.91 Å².